The van der Waals surface area contributed by atoms with Crippen molar-refractivity contribution in [2.24, 2.45) is 5.92 Å². The number of nitrogens with one attached hydrogen (secondary N) is 1. The third kappa shape index (κ3) is 2.17. The van der Waals surface area contributed by atoms with Crippen LogP contribution in [0.5, 0.6) is 0 Å². The van der Waals surface area contributed by atoms with Gasteiger partial charge in [-0.05, 0) is 34.7 Å². The maximum absolute atomic E-state index is 4.09. The van der Waals surface area contributed by atoms with Crippen LogP contribution < -0.4 is 5.32 Å². The van der Waals surface area contributed by atoms with Crippen molar-refractivity contribution in [3.8, 4) is 0 Å². The quantitative estimate of drug-likeness (QED) is 0.804. The average molecular weight is 228 g/mol. The van der Waals surface area contributed by atoms with Crippen LogP contribution in [0.3, 0.4) is 0 Å². The summed E-state index contributed by atoms with van der Waals surface area (Å²) in [6.07, 6.45) is 4.28. The van der Waals surface area contributed by atoms with Crippen molar-refractivity contribution in [3.63, 3.8) is 0 Å². The number of nitrogens with zero attached hydrogens (tertiary/aromatic N) is 2. The van der Waals surface area contributed by atoms with Gasteiger partial charge < -0.3 is 5.32 Å². The van der Waals surface area contributed by atoms with Gasteiger partial charge in [-0.1, -0.05) is 0 Å². The maximum atomic E-state index is 4.09. The van der Waals surface area contributed by atoms with Gasteiger partial charge in [-0.15, -0.1) is 0 Å². The van der Waals surface area contributed by atoms with E-state index in [-0.39, 0.29) is 0 Å². The number of anilines is 1. The largest absolute Gasteiger partial charge is 0.370 e. The molecular formula is C8H10BrN3. The van der Waals surface area contributed by atoms with Gasteiger partial charge in [0.25, 0.3) is 0 Å². The Kier molecular flexibility index (Phi) is 2.26. The van der Waals surface area contributed by atoms with Gasteiger partial charge in [0.2, 0.25) is 0 Å². The maximum Gasteiger partial charge on any atom is 0.130 e. The molecule has 0 amide bonds. The fourth-order valence-electron chi connectivity index (χ4n) is 1.00. The summed E-state index contributed by atoms with van der Waals surface area (Å²) in [4.78, 5) is 8.04. The molecule has 1 heterocycles. The standard InChI is InChI=1S/C8H10BrN3/c9-7-3-8(12-5-11-7)10-4-6-1-2-6/h3,5-6H,1-2,4H2,(H,10,11,12). The van der Waals surface area contributed by atoms with Crippen LogP contribution in [0.1, 0.15) is 12.8 Å². The van der Waals surface area contributed by atoms with Crippen LogP contribution in [0.15, 0.2) is 17.0 Å². The van der Waals surface area contributed by atoms with E-state index in [1.165, 1.54) is 12.8 Å². The highest BCUT2D eigenvalue weighted by molar-refractivity contribution is 9.10. The lowest BCUT2D eigenvalue weighted by atomic mass is 10.4. The molecule has 0 radical (unpaired) electrons. The topological polar surface area (TPSA) is 37.8 Å². The Bertz CT molecular complexity index is 273. The molecule has 3 nitrogen and oxygen atoms in total. The summed E-state index contributed by atoms with van der Waals surface area (Å²) in [7, 11) is 0. The van der Waals surface area contributed by atoms with Crippen molar-refractivity contribution in [2.45, 2.75) is 12.8 Å². The lowest BCUT2D eigenvalue weighted by Gasteiger charge is -2.02. The van der Waals surface area contributed by atoms with E-state index in [0.29, 0.717) is 0 Å². The molecule has 1 aromatic heterocycles. The Morgan fingerprint density at radius 2 is 2.33 bits per heavy atom. The van der Waals surface area contributed by atoms with Gasteiger partial charge in [-0.3, -0.25) is 0 Å². The van der Waals surface area contributed by atoms with Crippen molar-refractivity contribution in [1.82, 2.24) is 9.97 Å². The van der Waals surface area contributed by atoms with Gasteiger partial charge in [0, 0.05) is 12.6 Å². The number of hydrogen-bond donors (Lipinski definition) is 1. The summed E-state index contributed by atoms with van der Waals surface area (Å²) in [6, 6.07) is 1.89. The number of hydrogen-bond acceptors (Lipinski definition) is 3. The van der Waals surface area contributed by atoms with Crippen LogP contribution in [-0.4, -0.2) is 16.5 Å². The van der Waals surface area contributed by atoms with Gasteiger partial charge in [0.15, 0.2) is 0 Å². The summed E-state index contributed by atoms with van der Waals surface area (Å²) in [5.41, 5.74) is 0. The zero-order chi connectivity index (χ0) is 8.39. The molecule has 0 saturated heterocycles. The van der Waals surface area contributed by atoms with E-state index in [1.54, 1.807) is 6.33 Å². The van der Waals surface area contributed by atoms with Crippen molar-refractivity contribution >= 4 is 21.7 Å². The highest BCUT2D eigenvalue weighted by Gasteiger charge is 2.20. The predicted octanol–water partition coefficient (Wildman–Crippen LogP) is 2.06. The molecular weight excluding hydrogens is 218 g/mol. The van der Waals surface area contributed by atoms with Gasteiger partial charge >= 0.3 is 0 Å². The number of rotatable bonds is 3. The molecule has 0 aliphatic heterocycles. The van der Waals surface area contributed by atoms with Crippen LogP contribution >= 0.6 is 15.9 Å². The summed E-state index contributed by atoms with van der Waals surface area (Å²) in [5.74, 6) is 1.78. The van der Waals surface area contributed by atoms with Crippen LogP contribution in [0, 0.1) is 5.92 Å². The second kappa shape index (κ2) is 3.39. The lowest BCUT2D eigenvalue weighted by Crippen LogP contribution is -2.04. The summed E-state index contributed by atoms with van der Waals surface area (Å²) >= 11 is 3.29. The molecule has 1 N–H and O–H groups in total. The predicted molar refractivity (Wildman–Crippen MR) is 50.9 cm³/mol. The van der Waals surface area contributed by atoms with Gasteiger partial charge in [0.05, 0.1) is 0 Å². The van der Waals surface area contributed by atoms with Crippen LogP contribution in [0.25, 0.3) is 0 Å². The normalized spacial score (nSPS) is 16.1. The van der Waals surface area contributed by atoms with Crippen molar-refractivity contribution in [3.05, 3.63) is 17.0 Å². The molecule has 0 spiro atoms. The SMILES string of the molecule is Brc1cc(NCC2CC2)ncn1. The first-order chi connectivity index (χ1) is 5.84. The van der Waals surface area contributed by atoms with Crippen LogP contribution in [0.4, 0.5) is 5.82 Å². The zero-order valence-corrected chi connectivity index (χ0v) is 8.21. The first-order valence-electron chi connectivity index (χ1n) is 4.06. The first-order valence-corrected chi connectivity index (χ1v) is 4.85. The van der Waals surface area contributed by atoms with Crippen molar-refractivity contribution in [2.75, 3.05) is 11.9 Å². The number of aromatic nitrogens is 2. The molecule has 12 heavy (non-hydrogen) atoms. The minimum atomic E-state index is 0.829. The van der Waals surface area contributed by atoms with E-state index < -0.39 is 0 Å². The Hall–Kier alpha value is -0.640. The minimum Gasteiger partial charge on any atom is -0.370 e. The van der Waals surface area contributed by atoms with Crippen molar-refractivity contribution < 1.29 is 0 Å². The molecule has 4 heteroatoms. The highest BCUT2D eigenvalue weighted by atomic mass is 79.9. The Morgan fingerprint density at radius 3 is 3.00 bits per heavy atom. The van der Waals surface area contributed by atoms with E-state index >= 15 is 0 Å². The van der Waals surface area contributed by atoms with E-state index in [0.717, 1.165) is 22.9 Å². The number of halogens is 1. The summed E-state index contributed by atoms with van der Waals surface area (Å²) < 4.78 is 0.829. The molecule has 0 bridgehead atoms. The molecule has 1 aliphatic rings. The fraction of sp³-hybridized carbons (Fsp3) is 0.500. The molecule has 1 saturated carbocycles. The summed E-state index contributed by atoms with van der Waals surface area (Å²) in [6.45, 7) is 1.05. The van der Waals surface area contributed by atoms with Gasteiger partial charge in [-0.2, -0.15) is 0 Å². The molecule has 1 fully saturated rings. The second-order valence-electron chi connectivity index (χ2n) is 3.05. The van der Waals surface area contributed by atoms with Gasteiger partial charge in [0.1, 0.15) is 16.7 Å². The molecule has 0 aromatic carbocycles. The smallest absolute Gasteiger partial charge is 0.130 e. The van der Waals surface area contributed by atoms with Gasteiger partial charge in [-0.25, -0.2) is 9.97 Å². The van der Waals surface area contributed by atoms with Crippen LogP contribution in [-0.2, 0) is 0 Å². The third-order valence-corrected chi connectivity index (χ3v) is 2.34. The zero-order valence-electron chi connectivity index (χ0n) is 6.63. The average Bonchev–Trinajstić information content (AvgIpc) is 2.84. The molecule has 0 unspecified atom stereocenters. The van der Waals surface area contributed by atoms with Crippen LogP contribution in [0.2, 0.25) is 0 Å². The molecule has 64 valence electrons. The van der Waals surface area contributed by atoms with E-state index in [4.69, 9.17) is 0 Å². The monoisotopic (exact) mass is 227 g/mol. The van der Waals surface area contributed by atoms with E-state index in [1.807, 2.05) is 6.07 Å². The Balaban J connectivity index is 1.92. The Labute approximate surface area is 79.7 Å². The fourth-order valence-corrected chi connectivity index (χ4v) is 1.31. The van der Waals surface area contributed by atoms with E-state index in [2.05, 4.69) is 31.2 Å². The van der Waals surface area contributed by atoms with E-state index in [9.17, 15) is 0 Å². The minimum absolute atomic E-state index is 0.829. The molecule has 2 rings (SSSR count). The van der Waals surface area contributed by atoms with Crippen molar-refractivity contribution in [1.29, 1.82) is 0 Å². The second-order valence-corrected chi connectivity index (χ2v) is 3.86. The molecule has 1 aliphatic carbocycles. The Morgan fingerprint density at radius 1 is 1.50 bits per heavy atom. The third-order valence-electron chi connectivity index (χ3n) is 1.90. The first kappa shape index (κ1) is 7.98. The molecule has 0 atom stereocenters. The molecule has 1 aromatic rings. The highest BCUT2D eigenvalue weighted by Crippen LogP contribution is 2.28. The summed E-state index contributed by atoms with van der Waals surface area (Å²) in [5, 5.41) is 3.27. The lowest BCUT2D eigenvalue weighted by molar-refractivity contribution is 0.880.